The van der Waals surface area contributed by atoms with Gasteiger partial charge in [0.25, 0.3) is 0 Å². The number of benzene rings is 1. The minimum Gasteiger partial charge on any atom is -0.287 e. The highest BCUT2D eigenvalue weighted by Gasteiger charge is 2.14. The Labute approximate surface area is 115 Å². The van der Waals surface area contributed by atoms with Crippen molar-refractivity contribution in [3.63, 3.8) is 0 Å². The predicted molar refractivity (Wildman–Crippen MR) is 74.8 cm³/mol. The number of aryl methyl sites for hydroxylation is 2. The fourth-order valence-electron chi connectivity index (χ4n) is 1.93. The first-order valence-corrected chi connectivity index (χ1v) is 6.75. The van der Waals surface area contributed by atoms with Gasteiger partial charge in [-0.25, -0.2) is 0 Å². The third-order valence-corrected chi connectivity index (χ3v) is 3.15. The van der Waals surface area contributed by atoms with Gasteiger partial charge >= 0.3 is 0 Å². The Morgan fingerprint density at radius 3 is 2.83 bits per heavy atom. The van der Waals surface area contributed by atoms with Gasteiger partial charge in [0.2, 0.25) is 5.78 Å². The maximum Gasteiger partial charge on any atom is 0.211 e. The average molecular weight is 307 g/mol. The smallest absolute Gasteiger partial charge is 0.211 e. The molecule has 2 rings (SSSR count). The monoisotopic (exact) mass is 306 g/mol. The van der Waals surface area contributed by atoms with Crippen LogP contribution in [0.1, 0.15) is 35.0 Å². The van der Waals surface area contributed by atoms with E-state index in [1.165, 1.54) is 0 Å². The number of aromatic nitrogens is 2. The van der Waals surface area contributed by atoms with Crippen LogP contribution in [-0.4, -0.2) is 15.6 Å². The highest BCUT2D eigenvalue weighted by atomic mass is 79.9. The zero-order valence-electron chi connectivity index (χ0n) is 10.5. The molecule has 0 spiro atoms. The quantitative estimate of drug-likeness (QED) is 0.809. The van der Waals surface area contributed by atoms with Gasteiger partial charge in [-0.1, -0.05) is 22.9 Å². The molecule has 0 radical (unpaired) electrons. The van der Waals surface area contributed by atoms with Gasteiger partial charge in [0, 0.05) is 22.8 Å². The molecule has 3 nitrogen and oxygen atoms in total. The number of halogens is 1. The van der Waals surface area contributed by atoms with E-state index in [9.17, 15) is 4.79 Å². The van der Waals surface area contributed by atoms with Crippen LogP contribution in [0.3, 0.4) is 0 Å². The standard InChI is InChI=1S/C14H15BrN2O/c1-3-6-17-13(4-5-16-17)14(18)11-7-10(2)8-12(15)9-11/h4-5,7-9H,3,6H2,1-2H3. The summed E-state index contributed by atoms with van der Waals surface area (Å²) in [6.45, 7) is 4.81. The maximum absolute atomic E-state index is 12.4. The van der Waals surface area contributed by atoms with Gasteiger partial charge in [-0.3, -0.25) is 9.48 Å². The third kappa shape index (κ3) is 2.70. The van der Waals surface area contributed by atoms with Gasteiger partial charge in [-0.15, -0.1) is 0 Å². The molecule has 0 amide bonds. The Kier molecular flexibility index (Phi) is 3.97. The maximum atomic E-state index is 12.4. The second-order valence-corrected chi connectivity index (χ2v) is 5.20. The molecule has 4 heteroatoms. The largest absolute Gasteiger partial charge is 0.287 e. The van der Waals surface area contributed by atoms with Gasteiger partial charge in [-0.05, 0) is 43.2 Å². The molecule has 0 atom stereocenters. The van der Waals surface area contributed by atoms with Crippen molar-refractivity contribution in [1.82, 2.24) is 9.78 Å². The van der Waals surface area contributed by atoms with Crippen molar-refractivity contribution < 1.29 is 4.79 Å². The number of carbonyl (C=O) groups excluding carboxylic acids is 1. The van der Waals surface area contributed by atoms with E-state index in [0.29, 0.717) is 11.3 Å². The molecule has 0 aliphatic carbocycles. The summed E-state index contributed by atoms with van der Waals surface area (Å²) >= 11 is 3.42. The molecule has 0 aliphatic heterocycles. The molecule has 2 aromatic rings. The lowest BCUT2D eigenvalue weighted by Crippen LogP contribution is -2.11. The van der Waals surface area contributed by atoms with E-state index in [0.717, 1.165) is 23.0 Å². The summed E-state index contributed by atoms with van der Waals surface area (Å²) < 4.78 is 2.69. The van der Waals surface area contributed by atoms with Crippen LogP contribution in [0.25, 0.3) is 0 Å². The Morgan fingerprint density at radius 2 is 2.17 bits per heavy atom. The summed E-state index contributed by atoms with van der Waals surface area (Å²) in [5.41, 5.74) is 2.41. The van der Waals surface area contributed by atoms with Crippen LogP contribution in [0.5, 0.6) is 0 Å². The van der Waals surface area contributed by atoms with Gasteiger partial charge in [0.1, 0.15) is 5.69 Å². The Bertz CT molecular complexity index is 555. The minimum absolute atomic E-state index is 0.0188. The van der Waals surface area contributed by atoms with Gasteiger partial charge in [0.05, 0.1) is 0 Å². The number of rotatable bonds is 4. The molecule has 1 aromatic heterocycles. The van der Waals surface area contributed by atoms with Crippen LogP contribution in [0, 0.1) is 6.92 Å². The van der Waals surface area contributed by atoms with E-state index in [-0.39, 0.29) is 5.78 Å². The van der Waals surface area contributed by atoms with Crippen molar-refractivity contribution in [2.45, 2.75) is 26.8 Å². The molecule has 0 N–H and O–H groups in total. The van der Waals surface area contributed by atoms with E-state index in [1.807, 2.05) is 25.1 Å². The summed E-state index contributed by atoms with van der Waals surface area (Å²) in [6.07, 6.45) is 2.63. The van der Waals surface area contributed by atoms with Crippen molar-refractivity contribution in [3.8, 4) is 0 Å². The second-order valence-electron chi connectivity index (χ2n) is 4.29. The lowest BCUT2D eigenvalue weighted by atomic mass is 10.1. The van der Waals surface area contributed by atoms with E-state index >= 15 is 0 Å². The fraction of sp³-hybridized carbons (Fsp3) is 0.286. The highest BCUT2D eigenvalue weighted by Crippen LogP contribution is 2.18. The summed E-state index contributed by atoms with van der Waals surface area (Å²) in [7, 11) is 0. The number of hydrogen-bond acceptors (Lipinski definition) is 2. The molecular weight excluding hydrogens is 292 g/mol. The normalized spacial score (nSPS) is 10.6. The number of nitrogens with zero attached hydrogens (tertiary/aromatic N) is 2. The van der Waals surface area contributed by atoms with E-state index in [1.54, 1.807) is 16.9 Å². The number of hydrogen-bond donors (Lipinski definition) is 0. The van der Waals surface area contributed by atoms with Crippen molar-refractivity contribution in [2.75, 3.05) is 0 Å². The number of ketones is 1. The molecule has 0 unspecified atom stereocenters. The molecular formula is C14H15BrN2O. The van der Waals surface area contributed by atoms with Crippen molar-refractivity contribution >= 4 is 21.7 Å². The van der Waals surface area contributed by atoms with Crippen LogP contribution >= 0.6 is 15.9 Å². The van der Waals surface area contributed by atoms with Crippen LogP contribution in [0.15, 0.2) is 34.9 Å². The first-order chi connectivity index (χ1) is 8.61. The van der Waals surface area contributed by atoms with Crippen molar-refractivity contribution in [3.05, 3.63) is 51.8 Å². The summed E-state index contributed by atoms with van der Waals surface area (Å²) in [5, 5.41) is 4.18. The first-order valence-electron chi connectivity index (χ1n) is 5.95. The lowest BCUT2D eigenvalue weighted by Gasteiger charge is -2.06. The Balaban J connectivity index is 2.38. The fourth-order valence-corrected chi connectivity index (χ4v) is 2.54. The molecule has 1 heterocycles. The summed E-state index contributed by atoms with van der Waals surface area (Å²) in [5.74, 6) is 0.0188. The van der Waals surface area contributed by atoms with Crippen molar-refractivity contribution in [1.29, 1.82) is 0 Å². The molecule has 0 saturated carbocycles. The van der Waals surface area contributed by atoms with Crippen LogP contribution in [0.2, 0.25) is 0 Å². The van der Waals surface area contributed by atoms with Gasteiger partial charge in [0.15, 0.2) is 0 Å². The zero-order valence-corrected chi connectivity index (χ0v) is 12.1. The average Bonchev–Trinajstić information content (AvgIpc) is 2.75. The molecule has 0 aliphatic rings. The second kappa shape index (κ2) is 5.48. The molecule has 18 heavy (non-hydrogen) atoms. The van der Waals surface area contributed by atoms with Crippen LogP contribution in [-0.2, 0) is 6.54 Å². The molecule has 1 aromatic carbocycles. The third-order valence-electron chi connectivity index (χ3n) is 2.69. The molecule has 0 bridgehead atoms. The van der Waals surface area contributed by atoms with Gasteiger partial charge < -0.3 is 0 Å². The molecule has 0 fully saturated rings. The Hall–Kier alpha value is -1.42. The molecule has 0 saturated heterocycles. The number of carbonyl (C=O) groups is 1. The molecule has 94 valence electrons. The van der Waals surface area contributed by atoms with Crippen LogP contribution < -0.4 is 0 Å². The highest BCUT2D eigenvalue weighted by molar-refractivity contribution is 9.10. The predicted octanol–water partition coefficient (Wildman–Crippen LogP) is 3.60. The lowest BCUT2D eigenvalue weighted by molar-refractivity contribution is 0.102. The SMILES string of the molecule is CCCn1nccc1C(=O)c1cc(C)cc(Br)c1. The summed E-state index contributed by atoms with van der Waals surface area (Å²) in [4.78, 5) is 12.4. The van der Waals surface area contributed by atoms with E-state index in [2.05, 4.69) is 28.0 Å². The minimum atomic E-state index is 0.0188. The van der Waals surface area contributed by atoms with Crippen molar-refractivity contribution in [2.24, 2.45) is 0 Å². The van der Waals surface area contributed by atoms with E-state index < -0.39 is 0 Å². The first kappa shape index (κ1) is 13.0. The van der Waals surface area contributed by atoms with Gasteiger partial charge in [-0.2, -0.15) is 5.10 Å². The summed E-state index contributed by atoms with van der Waals surface area (Å²) in [6, 6.07) is 7.50. The zero-order chi connectivity index (χ0) is 13.1. The topological polar surface area (TPSA) is 34.9 Å². The van der Waals surface area contributed by atoms with E-state index in [4.69, 9.17) is 0 Å². The Morgan fingerprint density at radius 1 is 1.39 bits per heavy atom. The van der Waals surface area contributed by atoms with Crippen LogP contribution in [0.4, 0.5) is 0 Å².